The van der Waals surface area contributed by atoms with E-state index in [9.17, 15) is 9.59 Å². The van der Waals surface area contributed by atoms with Gasteiger partial charge < -0.3 is 14.1 Å². The van der Waals surface area contributed by atoms with Crippen LogP contribution in [0.25, 0.3) is 11.0 Å². The second-order valence-corrected chi connectivity index (χ2v) is 4.64. The molecule has 1 aromatic heterocycles. The topological polar surface area (TPSA) is 59.8 Å². The Hall–Kier alpha value is -2.30. The normalized spacial score (nSPS) is 17.6. The van der Waals surface area contributed by atoms with E-state index in [4.69, 9.17) is 9.15 Å². The quantitative estimate of drug-likeness (QED) is 0.636. The number of carbonyl (C=O) groups excluding carboxylic acids is 2. The van der Waals surface area contributed by atoms with Crippen LogP contribution in [0.5, 0.6) is 0 Å². The summed E-state index contributed by atoms with van der Waals surface area (Å²) in [5.41, 5.74) is 2.10. The van der Waals surface area contributed by atoms with Crippen LogP contribution in [-0.4, -0.2) is 25.0 Å². The van der Waals surface area contributed by atoms with Crippen molar-refractivity contribution < 1.29 is 18.7 Å². The zero-order valence-corrected chi connectivity index (χ0v) is 11.4. The summed E-state index contributed by atoms with van der Waals surface area (Å²) >= 11 is 0. The molecule has 1 aliphatic rings. The molecule has 2 heterocycles. The predicted molar refractivity (Wildman–Crippen MR) is 73.6 cm³/mol. The molecule has 0 N–H and O–H groups in total. The number of carbonyl (C=O) groups is 2. The van der Waals surface area contributed by atoms with Crippen molar-refractivity contribution in [3.8, 4) is 0 Å². The lowest BCUT2D eigenvalue weighted by atomic mass is 10.00. The lowest BCUT2D eigenvalue weighted by Gasteiger charge is -2.14. The zero-order chi connectivity index (χ0) is 14.3. The number of hydrogen-bond acceptors (Lipinski definition) is 4. The van der Waals surface area contributed by atoms with Gasteiger partial charge in [0.15, 0.2) is 5.92 Å². The Bertz CT molecular complexity index is 688. The van der Waals surface area contributed by atoms with Crippen molar-refractivity contribution in [1.29, 1.82) is 0 Å². The predicted octanol–water partition coefficient (Wildman–Crippen LogP) is 2.45. The van der Waals surface area contributed by atoms with Crippen molar-refractivity contribution in [2.75, 3.05) is 18.1 Å². The number of likely N-dealkylation sites (N-methyl/N-ethyl adjacent to an activating group) is 1. The first-order chi connectivity index (χ1) is 9.67. The minimum Gasteiger partial charge on any atom is -0.465 e. The second kappa shape index (κ2) is 4.67. The largest absolute Gasteiger partial charge is 0.465 e. The van der Waals surface area contributed by atoms with Crippen molar-refractivity contribution in [3.05, 3.63) is 30.0 Å². The monoisotopic (exact) mass is 273 g/mol. The Morgan fingerprint density at radius 3 is 2.90 bits per heavy atom. The van der Waals surface area contributed by atoms with E-state index < -0.39 is 11.9 Å². The van der Waals surface area contributed by atoms with Crippen molar-refractivity contribution in [1.82, 2.24) is 0 Å². The molecule has 1 aromatic carbocycles. The van der Waals surface area contributed by atoms with E-state index in [1.165, 1.54) is 0 Å². The van der Waals surface area contributed by atoms with Gasteiger partial charge in [-0.25, -0.2) is 0 Å². The Morgan fingerprint density at radius 2 is 2.20 bits per heavy atom. The smallest absolute Gasteiger partial charge is 0.323 e. The minimum atomic E-state index is -0.876. The van der Waals surface area contributed by atoms with Gasteiger partial charge in [0.1, 0.15) is 5.58 Å². The van der Waals surface area contributed by atoms with Crippen molar-refractivity contribution in [2.45, 2.75) is 19.8 Å². The highest BCUT2D eigenvalue weighted by Crippen LogP contribution is 2.40. The molecular formula is C15H15NO4. The summed E-state index contributed by atoms with van der Waals surface area (Å²) < 4.78 is 10.4. The lowest BCUT2D eigenvalue weighted by Crippen LogP contribution is -2.32. The fraction of sp³-hybridized carbons (Fsp3) is 0.333. The van der Waals surface area contributed by atoms with Gasteiger partial charge in [0.2, 0.25) is 5.91 Å². The van der Waals surface area contributed by atoms with Crippen LogP contribution < -0.4 is 4.90 Å². The van der Waals surface area contributed by atoms with Crippen molar-refractivity contribution >= 4 is 28.5 Å². The van der Waals surface area contributed by atoms with E-state index in [1.807, 2.05) is 19.1 Å². The third-order valence-electron chi connectivity index (χ3n) is 3.56. The number of hydrogen-bond donors (Lipinski definition) is 0. The Morgan fingerprint density at radius 1 is 1.40 bits per heavy atom. The van der Waals surface area contributed by atoms with Gasteiger partial charge in [0, 0.05) is 23.2 Å². The second-order valence-electron chi connectivity index (χ2n) is 4.64. The number of fused-ring (bicyclic) bond motifs is 2. The SMILES string of the molecule is CCOC(=O)C1C(=O)N(CC)c2cc3ccoc3cc21. The molecule has 1 unspecified atom stereocenters. The van der Waals surface area contributed by atoms with Gasteiger partial charge in [-0.05, 0) is 32.0 Å². The highest BCUT2D eigenvalue weighted by Gasteiger charge is 2.42. The number of esters is 1. The molecule has 3 rings (SSSR count). The molecular weight excluding hydrogens is 258 g/mol. The molecule has 1 atom stereocenters. The molecule has 0 spiro atoms. The molecule has 0 aliphatic carbocycles. The van der Waals surface area contributed by atoms with Crippen LogP contribution in [0.2, 0.25) is 0 Å². The van der Waals surface area contributed by atoms with E-state index in [0.717, 1.165) is 11.1 Å². The molecule has 20 heavy (non-hydrogen) atoms. The van der Waals surface area contributed by atoms with E-state index in [0.29, 0.717) is 17.7 Å². The highest BCUT2D eigenvalue weighted by molar-refractivity contribution is 6.17. The zero-order valence-electron chi connectivity index (χ0n) is 11.4. The first-order valence-corrected chi connectivity index (χ1v) is 6.66. The Balaban J connectivity index is 2.16. The van der Waals surface area contributed by atoms with Gasteiger partial charge in [-0.3, -0.25) is 9.59 Å². The van der Waals surface area contributed by atoms with Gasteiger partial charge in [0.05, 0.1) is 12.9 Å². The molecule has 1 amide bonds. The van der Waals surface area contributed by atoms with Gasteiger partial charge in [-0.2, -0.15) is 0 Å². The number of amides is 1. The number of rotatable bonds is 3. The van der Waals surface area contributed by atoms with Crippen LogP contribution in [0.3, 0.4) is 0 Å². The summed E-state index contributed by atoms with van der Waals surface area (Å²) in [4.78, 5) is 26.1. The van der Waals surface area contributed by atoms with Crippen LogP contribution in [-0.2, 0) is 14.3 Å². The fourth-order valence-corrected chi connectivity index (χ4v) is 2.67. The van der Waals surface area contributed by atoms with E-state index in [1.54, 1.807) is 24.2 Å². The molecule has 0 radical (unpaired) electrons. The third-order valence-corrected chi connectivity index (χ3v) is 3.56. The number of nitrogens with zero attached hydrogens (tertiary/aromatic N) is 1. The maximum atomic E-state index is 12.4. The minimum absolute atomic E-state index is 0.228. The van der Waals surface area contributed by atoms with Crippen LogP contribution in [0.1, 0.15) is 25.3 Å². The van der Waals surface area contributed by atoms with Crippen LogP contribution in [0.4, 0.5) is 5.69 Å². The molecule has 1 aliphatic heterocycles. The van der Waals surface area contributed by atoms with Crippen molar-refractivity contribution in [3.63, 3.8) is 0 Å². The number of benzene rings is 1. The van der Waals surface area contributed by atoms with Crippen LogP contribution in [0.15, 0.2) is 28.9 Å². The van der Waals surface area contributed by atoms with Gasteiger partial charge in [-0.15, -0.1) is 0 Å². The summed E-state index contributed by atoms with van der Waals surface area (Å²) in [5.74, 6) is -1.60. The average molecular weight is 273 g/mol. The standard InChI is InChI=1S/C15H15NO4/c1-3-16-11-7-9-5-6-20-12(9)8-10(11)13(14(16)17)15(18)19-4-2/h5-8,13H,3-4H2,1-2H3. The lowest BCUT2D eigenvalue weighted by molar-refractivity contribution is -0.147. The highest BCUT2D eigenvalue weighted by atomic mass is 16.5. The van der Waals surface area contributed by atoms with Gasteiger partial charge in [-0.1, -0.05) is 0 Å². The Kier molecular flexibility index (Phi) is 2.97. The molecule has 5 nitrogen and oxygen atoms in total. The molecule has 0 saturated carbocycles. The number of ether oxygens (including phenoxy) is 1. The molecule has 5 heteroatoms. The van der Waals surface area contributed by atoms with E-state index >= 15 is 0 Å². The molecule has 0 saturated heterocycles. The van der Waals surface area contributed by atoms with E-state index in [2.05, 4.69) is 0 Å². The maximum Gasteiger partial charge on any atom is 0.323 e. The van der Waals surface area contributed by atoms with Crippen LogP contribution >= 0.6 is 0 Å². The first-order valence-electron chi connectivity index (χ1n) is 6.66. The summed E-state index contributed by atoms with van der Waals surface area (Å²) in [6.45, 7) is 4.39. The maximum absolute atomic E-state index is 12.4. The first kappa shape index (κ1) is 12.7. The number of furan rings is 1. The summed E-state index contributed by atoms with van der Waals surface area (Å²) in [7, 11) is 0. The Labute approximate surface area is 116 Å². The van der Waals surface area contributed by atoms with E-state index in [-0.39, 0.29) is 12.5 Å². The summed E-state index contributed by atoms with van der Waals surface area (Å²) in [6.07, 6.45) is 1.59. The molecule has 0 bridgehead atoms. The molecule has 104 valence electrons. The van der Waals surface area contributed by atoms with Gasteiger partial charge >= 0.3 is 5.97 Å². The third kappa shape index (κ3) is 1.70. The summed E-state index contributed by atoms with van der Waals surface area (Å²) in [6, 6.07) is 5.49. The van der Waals surface area contributed by atoms with Crippen molar-refractivity contribution in [2.24, 2.45) is 0 Å². The van der Waals surface area contributed by atoms with Gasteiger partial charge in [0.25, 0.3) is 0 Å². The average Bonchev–Trinajstić information content (AvgIpc) is 2.97. The number of anilines is 1. The molecule has 2 aromatic rings. The fourth-order valence-electron chi connectivity index (χ4n) is 2.67. The van der Waals surface area contributed by atoms with Crippen LogP contribution in [0, 0.1) is 0 Å². The molecule has 0 fully saturated rings. The summed E-state index contributed by atoms with van der Waals surface area (Å²) in [5, 5.41) is 0.916.